The zero-order valence-corrected chi connectivity index (χ0v) is 13.5. The van der Waals surface area contributed by atoms with Crippen molar-refractivity contribution in [1.82, 2.24) is 5.43 Å². The molecule has 0 radical (unpaired) electrons. The molecule has 5 heteroatoms. The summed E-state index contributed by atoms with van der Waals surface area (Å²) in [6.45, 7) is 7.78. The minimum absolute atomic E-state index is 0.460. The summed E-state index contributed by atoms with van der Waals surface area (Å²) in [6, 6.07) is 9.92. The van der Waals surface area contributed by atoms with Crippen LogP contribution in [0.5, 0.6) is 0 Å². The summed E-state index contributed by atoms with van der Waals surface area (Å²) in [5.74, 6) is 1.73. The van der Waals surface area contributed by atoms with E-state index in [9.17, 15) is 0 Å². The molecule has 0 aliphatic carbocycles. The summed E-state index contributed by atoms with van der Waals surface area (Å²) in [4.78, 5) is 0. The Labute approximate surface area is 130 Å². The zero-order valence-electron chi connectivity index (χ0n) is 12.7. The monoisotopic (exact) mass is 301 g/mol. The highest BCUT2D eigenvalue weighted by atomic mass is 32.1. The fraction of sp³-hybridized carbons (Fsp3) is 0.250. The molecular weight excluding hydrogens is 282 g/mol. The molecule has 4 nitrogen and oxygen atoms in total. The van der Waals surface area contributed by atoms with Crippen LogP contribution in [0.15, 0.2) is 39.9 Å². The molecule has 1 heterocycles. The van der Waals surface area contributed by atoms with Crippen molar-refractivity contribution in [2.24, 2.45) is 5.10 Å². The SMILES string of the molecule is C/C(=N/NC(=S)Nc1ccccc1C)c1cc(C)oc1C. The lowest BCUT2D eigenvalue weighted by atomic mass is 10.2. The van der Waals surface area contributed by atoms with Gasteiger partial charge < -0.3 is 9.73 Å². The van der Waals surface area contributed by atoms with E-state index in [2.05, 4.69) is 15.8 Å². The molecule has 0 bridgehead atoms. The fourth-order valence-corrected chi connectivity index (χ4v) is 2.20. The van der Waals surface area contributed by atoms with Crippen molar-refractivity contribution in [3.8, 4) is 0 Å². The highest BCUT2D eigenvalue weighted by Crippen LogP contribution is 2.15. The average Bonchev–Trinajstić information content (AvgIpc) is 2.78. The smallest absolute Gasteiger partial charge is 0.191 e. The minimum atomic E-state index is 0.460. The largest absolute Gasteiger partial charge is 0.466 e. The van der Waals surface area contributed by atoms with Gasteiger partial charge in [0, 0.05) is 11.3 Å². The third kappa shape index (κ3) is 3.92. The van der Waals surface area contributed by atoms with Gasteiger partial charge >= 0.3 is 0 Å². The third-order valence-electron chi connectivity index (χ3n) is 3.15. The van der Waals surface area contributed by atoms with Gasteiger partial charge in [0.25, 0.3) is 0 Å². The predicted octanol–water partition coefficient (Wildman–Crippen LogP) is 3.92. The number of furan rings is 1. The fourth-order valence-electron chi connectivity index (χ4n) is 2.05. The number of benzene rings is 1. The third-order valence-corrected chi connectivity index (χ3v) is 3.34. The molecule has 1 aromatic carbocycles. The van der Waals surface area contributed by atoms with E-state index in [1.807, 2.05) is 58.0 Å². The number of rotatable bonds is 3. The zero-order chi connectivity index (χ0) is 15.4. The summed E-state index contributed by atoms with van der Waals surface area (Å²) >= 11 is 5.25. The number of aryl methyl sites for hydroxylation is 3. The van der Waals surface area contributed by atoms with Crippen molar-refractivity contribution in [1.29, 1.82) is 0 Å². The summed E-state index contributed by atoms with van der Waals surface area (Å²) in [5, 5.41) is 7.88. The van der Waals surface area contributed by atoms with Crippen LogP contribution < -0.4 is 10.7 Å². The molecule has 2 aromatic rings. The molecule has 2 N–H and O–H groups in total. The number of thiocarbonyl (C=S) groups is 1. The Morgan fingerprint density at radius 1 is 1.19 bits per heavy atom. The molecule has 2 rings (SSSR count). The number of hydrogen-bond donors (Lipinski definition) is 2. The van der Waals surface area contributed by atoms with Crippen molar-refractivity contribution in [3.63, 3.8) is 0 Å². The normalized spacial score (nSPS) is 11.3. The van der Waals surface area contributed by atoms with Crippen molar-refractivity contribution in [3.05, 3.63) is 53.0 Å². The second-order valence-corrected chi connectivity index (χ2v) is 5.31. The topological polar surface area (TPSA) is 49.6 Å². The Hall–Kier alpha value is -2.14. The van der Waals surface area contributed by atoms with E-state index in [4.69, 9.17) is 16.6 Å². The van der Waals surface area contributed by atoms with Crippen LogP contribution in [0.3, 0.4) is 0 Å². The molecule has 0 saturated heterocycles. The van der Waals surface area contributed by atoms with Gasteiger partial charge in [0.1, 0.15) is 11.5 Å². The van der Waals surface area contributed by atoms with E-state index in [0.29, 0.717) is 5.11 Å². The van der Waals surface area contributed by atoms with Crippen LogP contribution >= 0.6 is 12.2 Å². The molecule has 0 aliphatic heterocycles. The van der Waals surface area contributed by atoms with Crippen LogP contribution in [0.4, 0.5) is 5.69 Å². The van der Waals surface area contributed by atoms with Crippen molar-refractivity contribution in [2.45, 2.75) is 27.7 Å². The van der Waals surface area contributed by atoms with Crippen LogP contribution in [0.25, 0.3) is 0 Å². The molecule has 0 spiro atoms. The first-order valence-electron chi connectivity index (χ1n) is 6.71. The summed E-state index contributed by atoms with van der Waals surface area (Å²) < 4.78 is 5.50. The molecule has 0 atom stereocenters. The molecule has 110 valence electrons. The van der Waals surface area contributed by atoms with Crippen molar-refractivity contribution < 1.29 is 4.42 Å². The molecule has 0 aliphatic rings. The molecule has 1 aromatic heterocycles. The quantitative estimate of drug-likeness (QED) is 0.512. The van der Waals surface area contributed by atoms with Crippen LogP contribution in [0, 0.1) is 20.8 Å². The van der Waals surface area contributed by atoms with E-state index < -0.39 is 0 Å². The lowest BCUT2D eigenvalue weighted by molar-refractivity contribution is 0.504. The lowest BCUT2D eigenvalue weighted by Crippen LogP contribution is -2.25. The van der Waals surface area contributed by atoms with Crippen LogP contribution in [-0.2, 0) is 0 Å². The predicted molar refractivity (Wildman–Crippen MR) is 90.9 cm³/mol. The number of nitrogens with zero attached hydrogens (tertiary/aromatic N) is 1. The maximum absolute atomic E-state index is 5.50. The maximum Gasteiger partial charge on any atom is 0.191 e. The van der Waals surface area contributed by atoms with Gasteiger partial charge in [-0.15, -0.1) is 0 Å². The summed E-state index contributed by atoms with van der Waals surface area (Å²) in [6.07, 6.45) is 0. The Bertz CT molecular complexity index is 689. The highest BCUT2D eigenvalue weighted by molar-refractivity contribution is 7.80. The molecule has 0 fully saturated rings. The first-order valence-corrected chi connectivity index (χ1v) is 7.12. The van der Waals surface area contributed by atoms with Gasteiger partial charge in [-0.05, 0) is 57.6 Å². The lowest BCUT2D eigenvalue weighted by Gasteiger charge is -2.10. The van der Waals surface area contributed by atoms with Gasteiger partial charge in [-0.3, -0.25) is 5.43 Å². The van der Waals surface area contributed by atoms with E-state index in [-0.39, 0.29) is 0 Å². The van der Waals surface area contributed by atoms with Gasteiger partial charge in [0.15, 0.2) is 5.11 Å². The molecule has 0 unspecified atom stereocenters. The minimum Gasteiger partial charge on any atom is -0.466 e. The van der Waals surface area contributed by atoms with Gasteiger partial charge in [0.2, 0.25) is 0 Å². The number of nitrogens with one attached hydrogen (secondary N) is 2. The van der Waals surface area contributed by atoms with E-state index in [1.165, 1.54) is 0 Å². The van der Waals surface area contributed by atoms with Gasteiger partial charge in [0.05, 0.1) is 5.71 Å². The van der Waals surface area contributed by atoms with Crippen LogP contribution in [0.2, 0.25) is 0 Å². The molecule has 0 saturated carbocycles. The Balaban J connectivity index is 2.02. The number of hydrazone groups is 1. The second-order valence-electron chi connectivity index (χ2n) is 4.90. The second kappa shape index (κ2) is 6.54. The van der Waals surface area contributed by atoms with Crippen LogP contribution in [-0.4, -0.2) is 10.8 Å². The van der Waals surface area contributed by atoms with Crippen LogP contribution in [0.1, 0.15) is 29.6 Å². The van der Waals surface area contributed by atoms with E-state index in [1.54, 1.807) is 0 Å². The standard InChI is InChI=1S/C16H19N3OS/c1-10-7-5-6-8-15(10)17-16(21)19-18-12(3)14-9-11(2)20-13(14)4/h5-9H,1-4H3,(H2,17,19,21)/b18-12-. The van der Waals surface area contributed by atoms with Gasteiger partial charge in [-0.2, -0.15) is 5.10 Å². The Kier molecular flexibility index (Phi) is 4.75. The average molecular weight is 301 g/mol. The molecular formula is C16H19N3OS. The number of hydrogen-bond acceptors (Lipinski definition) is 3. The van der Waals surface area contributed by atoms with Crippen molar-refractivity contribution >= 4 is 28.7 Å². The van der Waals surface area contributed by atoms with E-state index in [0.717, 1.165) is 34.0 Å². The number of para-hydroxylation sites is 1. The van der Waals surface area contributed by atoms with Gasteiger partial charge in [-0.1, -0.05) is 18.2 Å². The maximum atomic E-state index is 5.50. The summed E-state index contributed by atoms with van der Waals surface area (Å²) in [5.41, 5.74) is 6.78. The summed E-state index contributed by atoms with van der Waals surface area (Å²) in [7, 11) is 0. The molecule has 21 heavy (non-hydrogen) atoms. The first-order chi connectivity index (χ1) is 9.97. The Morgan fingerprint density at radius 2 is 1.90 bits per heavy atom. The number of anilines is 1. The van der Waals surface area contributed by atoms with Gasteiger partial charge in [-0.25, -0.2) is 0 Å². The highest BCUT2D eigenvalue weighted by Gasteiger charge is 2.08. The Morgan fingerprint density at radius 3 is 2.52 bits per heavy atom. The van der Waals surface area contributed by atoms with Crippen molar-refractivity contribution in [2.75, 3.05) is 5.32 Å². The molecule has 0 amide bonds. The van der Waals surface area contributed by atoms with E-state index >= 15 is 0 Å². The first kappa shape index (κ1) is 15.3.